The second kappa shape index (κ2) is 11.8. The number of piperazine rings is 1. The molecule has 0 spiro atoms. The molecule has 6 heteroatoms. The molecule has 2 heterocycles. The first-order valence-corrected chi connectivity index (χ1v) is 13.4. The van der Waals surface area contributed by atoms with Crippen molar-refractivity contribution in [2.75, 3.05) is 32.8 Å². The number of hydrogen-bond donors (Lipinski definition) is 1. The van der Waals surface area contributed by atoms with Gasteiger partial charge < -0.3 is 9.72 Å². The van der Waals surface area contributed by atoms with Crippen LogP contribution >= 0.6 is 0 Å². The molecular weight excluding hydrogens is 474 g/mol. The van der Waals surface area contributed by atoms with Crippen molar-refractivity contribution in [2.24, 2.45) is 0 Å². The van der Waals surface area contributed by atoms with Crippen LogP contribution in [0.25, 0.3) is 10.9 Å². The summed E-state index contributed by atoms with van der Waals surface area (Å²) in [5.41, 5.74) is 5.35. The van der Waals surface area contributed by atoms with E-state index in [1.807, 2.05) is 13.8 Å². The quantitative estimate of drug-likeness (QED) is 0.326. The van der Waals surface area contributed by atoms with Crippen molar-refractivity contribution < 1.29 is 9.53 Å². The van der Waals surface area contributed by atoms with Gasteiger partial charge in [0.1, 0.15) is 0 Å². The number of nitrogens with zero attached hydrogens (tertiary/aromatic N) is 2. The van der Waals surface area contributed by atoms with Gasteiger partial charge in [0.2, 0.25) is 0 Å². The molecule has 0 bridgehead atoms. The Labute approximate surface area is 223 Å². The minimum atomic E-state index is -0.391. The van der Waals surface area contributed by atoms with Gasteiger partial charge >= 0.3 is 5.97 Å². The van der Waals surface area contributed by atoms with Gasteiger partial charge in [-0.2, -0.15) is 0 Å². The standard InChI is InChI=1S/C32H35N3O3/c1-3-20-38-32(37)26-14-15-29-27(21-26)31(36)28(23(2)33-29)22-34-16-18-35(19-17-34)30(24-10-6-4-7-11-24)25-12-8-5-9-13-25/h4-15,21,30H,3,16-20,22H2,1-2H3,(H,33,36). The van der Waals surface area contributed by atoms with E-state index in [1.54, 1.807) is 18.2 Å². The molecule has 0 atom stereocenters. The van der Waals surface area contributed by atoms with E-state index in [1.165, 1.54) is 11.1 Å². The molecule has 1 aliphatic heterocycles. The number of pyridine rings is 1. The number of H-pyrrole nitrogens is 1. The van der Waals surface area contributed by atoms with Crippen molar-refractivity contribution >= 4 is 16.9 Å². The molecule has 4 aromatic rings. The summed E-state index contributed by atoms with van der Waals surface area (Å²) in [7, 11) is 0. The molecule has 196 valence electrons. The fourth-order valence-electron chi connectivity index (χ4n) is 5.33. The number of aryl methyl sites for hydroxylation is 1. The number of aromatic amines is 1. The van der Waals surface area contributed by atoms with Crippen LogP contribution in [-0.2, 0) is 11.3 Å². The second-order valence-corrected chi connectivity index (χ2v) is 9.99. The third-order valence-electron chi connectivity index (χ3n) is 7.37. The van der Waals surface area contributed by atoms with Gasteiger partial charge in [-0.15, -0.1) is 0 Å². The molecule has 3 aromatic carbocycles. The fourth-order valence-corrected chi connectivity index (χ4v) is 5.33. The zero-order chi connectivity index (χ0) is 26.5. The summed E-state index contributed by atoms with van der Waals surface area (Å²) in [6.45, 7) is 8.42. The summed E-state index contributed by atoms with van der Waals surface area (Å²) in [5.74, 6) is -0.391. The lowest BCUT2D eigenvalue weighted by Gasteiger charge is -2.40. The number of carbonyl (C=O) groups is 1. The molecule has 0 aliphatic carbocycles. The Balaban J connectivity index is 1.34. The van der Waals surface area contributed by atoms with Crippen molar-refractivity contribution in [1.82, 2.24) is 14.8 Å². The van der Waals surface area contributed by atoms with Crippen LogP contribution in [0.3, 0.4) is 0 Å². The van der Waals surface area contributed by atoms with E-state index in [2.05, 4.69) is 75.4 Å². The van der Waals surface area contributed by atoms with E-state index in [9.17, 15) is 9.59 Å². The van der Waals surface area contributed by atoms with Crippen LogP contribution in [0.15, 0.2) is 83.7 Å². The molecule has 1 N–H and O–H groups in total. The highest BCUT2D eigenvalue weighted by molar-refractivity contribution is 5.94. The molecule has 6 nitrogen and oxygen atoms in total. The molecular formula is C32H35N3O3. The number of fused-ring (bicyclic) bond motifs is 1. The van der Waals surface area contributed by atoms with Gasteiger partial charge in [0.05, 0.1) is 18.2 Å². The van der Waals surface area contributed by atoms with Gasteiger partial charge in [-0.05, 0) is 42.7 Å². The topological polar surface area (TPSA) is 65.6 Å². The first kappa shape index (κ1) is 25.9. The lowest BCUT2D eigenvalue weighted by molar-refractivity contribution is 0.0505. The molecule has 0 unspecified atom stereocenters. The number of carbonyl (C=O) groups excluding carboxylic acids is 1. The number of hydrogen-bond acceptors (Lipinski definition) is 5. The molecule has 0 saturated carbocycles. The van der Waals surface area contributed by atoms with E-state index in [-0.39, 0.29) is 11.5 Å². The Bertz CT molecular complexity index is 1400. The Morgan fingerprint density at radius 3 is 2.16 bits per heavy atom. The van der Waals surface area contributed by atoms with Gasteiger partial charge in [-0.25, -0.2) is 4.79 Å². The van der Waals surface area contributed by atoms with Crippen LogP contribution in [-0.4, -0.2) is 53.5 Å². The zero-order valence-electron chi connectivity index (χ0n) is 22.2. The number of ether oxygens (including phenoxy) is 1. The fraction of sp³-hybridized carbons (Fsp3) is 0.312. The SMILES string of the molecule is CCCOC(=O)c1ccc2[nH]c(C)c(CN3CCN(C(c4ccccc4)c4ccccc4)CC3)c(=O)c2c1. The summed E-state index contributed by atoms with van der Waals surface area (Å²) in [6, 6.07) is 26.7. The van der Waals surface area contributed by atoms with E-state index >= 15 is 0 Å². The summed E-state index contributed by atoms with van der Waals surface area (Å²) < 4.78 is 5.27. The average molecular weight is 510 g/mol. The average Bonchev–Trinajstić information content (AvgIpc) is 2.96. The third-order valence-corrected chi connectivity index (χ3v) is 7.37. The lowest BCUT2D eigenvalue weighted by atomic mass is 9.96. The molecule has 1 aromatic heterocycles. The predicted octanol–water partition coefficient (Wildman–Crippen LogP) is 5.31. The zero-order valence-corrected chi connectivity index (χ0v) is 22.2. The first-order chi connectivity index (χ1) is 18.5. The monoisotopic (exact) mass is 509 g/mol. The van der Waals surface area contributed by atoms with E-state index in [0.717, 1.165) is 49.4 Å². The van der Waals surface area contributed by atoms with Crippen LogP contribution in [0.1, 0.15) is 52.1 Å². The van der Waals surface area contributed by atoms with Crippen LogP contribution in [0.4, 0.5) is 0 Å². The molecule has 1 saturated heterocycles. The van der Waals surface area contributed by atoms with Crippen LogP contribution in [0.5, 0.6) is 0 Å². The summed E-state index contributed by atoms with van der Waals surface area (Å²) in [6.07, 6.45) is 0.758. The van der Waals surface area contributed by atoms with E-state index in [0.29, 0.717) is 24.1 Å². The largest absolute Gasteiger partial charge is 0.462 e. The first-order valence-electron chi connectivity index (χ1n) is 13.4. The summed E-state index contributed by atoms with van der Waals surface area (Å²) in [4.78, 5) is 34.2. The van der Waals surface area contributed by atoms with Gasteiger partial charge in [0, 0.05) is 54.9 Å². The van der Waals surface area contributed by atoms with Crippen molar-refractivity contribution in [1.29, 1.82) is 0 Å². The Morgan fingerprint density at radius 1 is 0.921 bits per heavy atom. The van der Waals surface area contributed by atoms with Crippen LogP contribution in [0, 0.1) is 6.92 Å². The highest BCUT2D eigenvalue weighted by Crippen LogP contribution is 2.29. The van der Waals surface area contributed by atoms with E-state index in [4.69, 9.17) is 4.74 Å². The Kier molecular flexibility index (Phi) is 8.01. The minimum Gasteiger partial charge on any atom is -0.462 e. The molecule has 1 fully saturated rings. The number of benzene rings is 3. The van der Waals surface area contributed by atoms with Gasteiger partial charge in [-0.1, -0.05) is 67.6 Å². The minimum absolute atomic E-state index is 0.0183. The normalized spacial score (nSPS) is 14.7. The van der Waals surface area contributed by atoms with Crippen molar-refractivity contribution in [3.63, 3.8) is 0 Å². The molecule has 0 radical (unpaired) electrons. The van der Waals surface area contributed by atoms with Crippen LogP contribution < -0.4 is 5.43 Å². The molecule has 0 amide bonds. The predicted molar refractivity (Wildman–Crippen MR) is 151 cm³/mol. The highest BCUT2D eigenvalue weighted by atomic mass is 16.5. The van der Waals surface area contributed by atoms with Crippen molar-refractivity contribution in [3.05, 3.63) is 117 Å². The molecule has 1 aliphatic rings. The molecule has 5 rings (SSSR count). The van der Waals surface area contributed by atoms with Gasteiger partial charge in [0.25, 0.3) is 0 Å². The van der Waals surface area contributed by atoms with Gasteiger partial charge in [-0.3, -0.25) is 14.6 Å². The van der Waals surface area contributed by atoms with Crippen molar-refractivity contribution in [3.8, 4) is 0 Å². The Hall–Kier alpha value is -3.74. The lowest BCUT2D eigenvalue weighted by Crippen LogP contribution is -2.47. The summed E-state index contributed by atoms with van der Waals surface area (Å²) >= 11 is 0. The molecule has 38 heavy (non-hydrogen) atoms. The number of esters is 1. The van der Waals surface area contributed by atoms with Crippen molar-refractivity contribution in [2.45, 2.75) is 32.9 Å². The number of aromatic nitrogens is 1. The van der Waals surface area contributed by atoms with E-state index < -0.39 is 5.97 Å². The number of nitrogens with one attached hydrogen (secondary N) is 1. The van der Waals surface area contributed by atoms with Gasteiger partial charge in [0.15, 0.2) is 5.43 Å². The Morgan fingerprint density at radius 2 is 1.55 bits per heavy atom. The summed E-state index contributed by atoms with van der Waals surface area (Å²) in [5, 5.41) is 0.531. The maximum Gasteiger partial charge on any atom is 0.338 e. The maximum atomic E-state index is 13.5. The third kappa shape index (κ3) is 5.57. The smallest absolute Gasteiger partial charge is 0.338 e. The maximum absolute atomic E-state index is 13.5. The highest BCUT2D eigenvalue weighted by Gasteiger charge is 2.27. The second-order valence-electron chi connectivity index (χ2n) is 9.99. The van der Waals surface area contributed by atoms with Crippen LogP contribution in [0.2, 0.25) is 0 Å². The number of rotatable bonds is 8.